The summed E-state index contributed by atoms with van der Waals surface area (Å²) < 4.78 is 9.38. The van der Waals surface area contributed by atoms with Crippen LogP contribution in [0.15, 0.2) is 192 Å². The standard InChI is InChI=1S/C50H31NOS/c1-3-14-32(15-4-1)37-30-31-43(47-41-21-9-10-27-45(41)52-48(37)47)51(42-25-11-19-35-29-28-34-18-7-8-20-36(34)46(35)42)44-26-13-24-40-39-23-12-22-38(49(39)53-50(40)44)33-16-5-2-6-17-33/h1-31H. The maximum atomic E-state index is 6.83. The van der Waals surface area contributed by atoms with Crippen LogP contribution >= 0.6 is 11.3 Å². The van der Waals surface area contributed by atoms with Gasteiger partial charge in [0.2, 0.25) is 0 Å². The van der Waals surface area contributed by atoms with E-state index >= 15 is 0 Å². The van der Waals surface area contributed by atoms with Crippen molar-refractivity contribution < 1.29 is 4.42 Å². The molecule has 0 fully saturated rings. The summed E-state index contributed by atoms with van der Waals surface area (Å²) in [5.41, 5.74) is 9.82. The molecule has 0 unspecified atom stereocenters. The summed E-state index contributed by atoms with van der Waals surface area (Å²) in [6, 6.07) is 67.8. The van der Waals surface area contributed by atoms with Gasteiger partial charge in [-0.1, -0.05) is 158 Å². The van der Waals surface area contributed by atoms with Crippen molar-refractivity contribution in [2.45, 2.75) is 0 Å². The second-order valence-electron chi connectivity index (χ2n) is 13.6. The lowest BCUT2D eigenvalue weighted by atomic mass is 9.97. The van der Waals surface area contributed by atoms with Crippen molar-refractivity contribution in [1.29, 1.82) is 0 Å². The molecule has 0 N–H and O–H groups in total. The zero-order chi connectivity index (χ0) is 34.9. The van der Waals surface area contributed by atoms with Crippen LogP contribution < -0.4 is 4.90 Å². The Morgan fingerprint density at radius 2 is 0.943 bits per heavy atom. The van der Waals surface area contributed by atoms with Gasteiger partial charge in [0.15, 0.2) is 0 Å². The minimum Gasteiger partial charge on any atom is -0.455 e. The van der Waals surface area contributed by atoms with Crippen molar-refractivity contribution in [3.63, 3.8) is 0 Å². The molecule has 53 heavy (non-hydrogen) atoms. The average Bonchev–Trinajstić information content (AvgIpc) is 3.81. The molecule has 0 spiro atoms. The normalized spacial score (nSPS) is 11.8. The molecular weight excluding hydrogens is 663 g/mol. The van der Waals surface area contributed by atoms with Crippen LogP contribution in [0.4, 0.5) is 17.1 Å². The number of para-hydroxylation sites is 1. The molecule has 2 heterocycles. The third kappa shape index (κ3) is 4.64. The highest BCUT2D eigenvalue weighted by Crippen LogP contribution is 2.52. The summed E-state index contributed by atoms with van der Waals surface area (Å²) in [4.78, 5) is 2.51. The molecule has 0 bridgehead atoms. The number of thiophene rings is 1. The number of hydrogen-bond acceptors (Lipinski definition) is 3. The first-order valence-corrected chi connectivity index (χ1v) is 18.8. The van der Waals surface area contributed by atoms with Crippen LogP contribution in [0.2, 0.25) is 0 Å². The van der Waals surface area contributed by atoms with Gasteiger partial charge in [-0.2, -0.15) is 0 Å². The highest BCUT2D eigenvalue weighted by Gasteiger charge is 2.26. The highest BCUT2D eigenvalue weighted by molar-refractivity contribution is 7.27. The fourth-order valence-electron chi connectivity index (χ4n) is 8.28. The molecule has 3 heteroatoms. The van der Waals surface area contributed by atoms with Crippen LogP contribution in [0, 0.1) is 0 Å². The minimum atomic E-state index is 0.878. The first-order chi connectivity index (χ1) is 26.3. The zero-order valence-corrected chi connectivity index (χ0v) is 29.5. The molecule has 0 amide bonds. The number of furan rings is 1. The lowest BCUT2D eigenvalue weighted by Crippen LogP contribution is -2.11. The molecule has 0 aliphatic rings. The summed E-state index contributed by atoms with van der Waals surface area (Å²) in [5, 5.41) is 9.60. The number of hydrogen-bond donors (Lipinski definition) is 0. The van der Waals surface area contributed by atoms with Crippen LogP contribution in [0.25, 0.3) is 85.9 Å². The van der Waals surface area contributed by atoms with E-state index in [1.165, 1.54) is 52.8 Å². The largest absolute Gasteiger partial charge is 0.455 e. The van der Waals surface area contributed by atoms with Crippen LogP contribution in [-0.2, 0) is 0 Å². The summed E-state index contributed by atoms with van der Waals surface area (Å²) in [7, 11) is 0. The van der Waals surface area contributed by atoms with Crippen LogP contribution in [0.5, 0.6) is 0 Å². The second-order valence-corrected chi connectivity index (χ2v) is 14.6. The molecule has 0 aliphatic carbocycles. The zero-order valence-electron chi connectivity index (χ0n) is 28.7. The molecule has 11 aromatic rings. The van der Waals surface area contributed by atoms with Crippen LogP contribution in [0.1, 0.15) is 0 Å². The average molecular weight is 694 g/mol. The minimum absolute atomic E-state index is 0.878. The van der Waals surface area contributed by atoms with Gasteiger partial charge in [0.05, 0.1) is 27.1 Å². The summed E-state index contributed by atoms with van der Waals surface area (Å²) in [5.74, 6) is 0. The van der Waals surface area contributed by atoms with Gasteiger partial charge in [-0.05, 0) is 63.2 Å². The lowest BCUT2D eigenvalue weighted by molar-refractivity contribution is 0.670. The topological polar surface area (TPSA) is 16.4 Å². The molecule has 0 atom stereocenters. The number of benzene rings is 9. The Labute approximate surface area is 310 Å². The maximum Gasteiger partial charge on any atom is 0.145 e. The van der Waals surface area contributed by atoms with Crippen molar-refractivity contribution in [3.8, 4) is 22.3 Å². The van der Waals surface area contributed by atoms with E-state index < -0.39 is 0 Å². The Kier molecular flexibility index (Phi) is 6.76. The highest BCUT2D eigenvalue weighted by atomic mass is 32.1. The van der Waals surface area contributed by atoms with E-state index in [0.717, 1.165) is 50.1 Å². The van der Waals surface area contributed by atoms with Gasteiger partial charge in [-0.15, -0.1) is 11.3 Å². The predicted molar refractivity (Wildman–Crippen MR) is 227 cm³/mol. The quantitative estimate of drug-likeness (QED) is 0.167. The monoisotopic (exact) mass is 693 g/mol. The third-order valence-corrected chi connectivity index (χ3v) is 11.9. The fraction of sp³-hybridized carbons (Fsp3) is 0. The molecule has 0 saturated heterocycles. The molecule has 2 aromatic heterocycles. The number of fused-ring (bicyclic) bond motifs is 9. The van der Waals surface area contributed by atoms with E-state index in [1.807, 2.05) is 11.3 Å². The Morgan fingerprint density at radius 3 is 1.77 bits per heavy atom. The Bertz CT molecular complexity index is 3180. The van der Waals surface area contributed by atoms with Gasteiger partial charge < -0.3 is 9.32 Å². The molecule has 2 nitrogen and oxygen atoms in total. The Balaban J connectivity index is 1.29. The number of nitrogens with zero attached hydrogens (tertiary/aromatic N) is 1. The van der Waals surface area contributed by atoms with E-state index in [0.29, 0.717) is 0 Å². The van der Waals surface area contributed by atoms with E-state index in [4.69, 9.17) is 4.42 Å². The Hall–Kier alpha value is -6.68. The molecule has 11 rings (SSSR count). The maximum absolute atomic E-state index is 6.83. The van der Waals surface area contributed by atoms with Crippen molar-refractivity contribution in [2.24, 2.45) is 0 Å². The van der Waals surface area contributed by atoms with E-state index in [-0.39, 0.29) is 0 Å². The molecule has 0 aliphatic heterocycles. The Morgan fingerprint density at radius 1 is 0.358 bits per heavy atom. The molecule has 0 saturated carbocycles. The van der Waals surface area contributed by atoms with E-state index in [2.05, 4.69) is 193 Å². The predicted octanol–water partition coefficient (Wildman–Crippen LogP) is 15.1. The van der Waals surface area contributed by atoms with Crippen LogP contribution in [-0.4, -0.2) is 0 Å². The van der Waals surface area contributed by atoms with Gasteiger partial charge in [0.25, 0.3) is 0 Å². The van der Waals surface area contributed by atoms with E-state index in [9.17, 15) is 0 Å². The summed E-state index contributed by atoms with van der Waals surface area (Å²) in [6.07, 6.45) is 0. The third-order valence-electron chi connectivity index (χ3n) is 10.6. The smallest absolute Gasteiger partial charge is 0.145 e. The lowest BCUT2D eigenvalue weighted by Gasteiger charge is -2.29. The summed E-state index contributed by atoms with van der Waals surface area (Å²) in [6.45, 7) is 0. The van der Waals surface area contributed by atoms with Crippen molar-refractivity contribution >= 4 is 92.1 Å². The molecular formula is C50H31NOS. The number of rotatable bonds is 5. The SMILES string of the molecule is c1ccc(-c2ccc(N(c3cccc4c3sc3c(-c5ccccc5)cccc34)c3cccc4ccc5ccccc5c34)c3c2oc2ccccc23)cc1. The van der Waals surface area contributed by atoms with Gasteiger partial charge >= 0.3 is 0 Å². The number of anilines is 3. The molecule has 248 valence electrons. The van der Waals surface area contributed by atoms with Crippen LogP contribution in [0.3, 0.4) is 0 Å². The summed E-state index contributed by atoms with van der Waals surface area (Å²) >= 11 is 1.88. The first-order valence-electron chi connectivity index (χ1n) is 18.0. The van der Waals surface area contributed by atoms with Gasteiger partial charge in [0, 0.05) is 31.8 Å². The van der Waals surface area contributed by atoms with Gasteiger partial charge in [-0.25, -0.2) is 0 Å². The van der Waals surface area contributed by atoms with Gasteiger partial charge in [-0.3, -0.25) is 0 Å². The van der Waals surface area contributed by atoms with Crippen molar-refractivity contribution in [1.82, 2.24) is 0 Å². The first kappa shape index (κ1) is 30.0. The van der Waals surface area contributed by atoms with E-state index in [1.54, 1.807) is 0 Å². The van der Waals surface area contributed by atoms with Crippen molar-refractivity contribution in [2.75, 3.05) is 4.90 Å². The second kappa shape index (κ2) is 11.9. The van der Waals surface area contributed by atoms with Gasteiger partial charge in [0.1, 0.15) is 11.2 Å². The molecule has 9 aromatic carbocycles. The van der Waals surface area contributed by atoms with Crippen molar-refractivity contribution in [3.05, 3.63) is 188 Å². The molecule has 0 radical (unpaired) electrons. The fourth-order valence-corrected chi connectivity index (χ4v) is 9.62.